The molecule has 0 aliphatic heterocycles. The first-order chi connectivity index (χ1) is 8.47. The van der Waals surface area contributed by atoms with E-state index in [1.165, 1.54) is 0 Å². The summed E-state index contributed by atoms with van der Waals surface area (Å²) in [5, 5.41) is 11.3. The van der Waals surface area contributed by atoms with E-state index >= 15 is 0 Å². The molecule has 18 heavy (non-hydrogen) atoms. The average Bonchev–Trinajstić information content (AvgIpc) is 2.29. The summed E-state index contributed by atoms with van der Waals surface area (Å²) in [5.41, 5.74) is 10.3. The monoisotopic (exact) mass is 254 g/mol. The quantitative estimate of drug-likeness (QED) is 0.191. The van der Waals surface area contributed by atoms with Crippen molar-refractivity contribution < 1.29 is 14.7 Å². The van der Waals surface area contributed by atoms with E-state index in [0.29, 0.717) is 13.0 Å². The van der Waals surface area contributed by atoms with E-state index in [0.717, 1.165) is 0 Å². The van der Waals surface area contributed by atoms with Crippen LogP contribution in [-0.2, 0) is 9.59 Å². The number of aliphatic carboxylic acids is 1. The van der Waals surface area contributed by atoms with Crippen molar-refractivity contribution in [2.75, 3.05) is 6.54 Å². The van der Waals surface area contributed by atoms with Gasteiger partial charge in [0, 0.05) is 19.4 Å². The molecule has 0 spiro atoms. The second-order valence-corrected chi connectivity index (χ2v) is 3.61. The summed E-state index contributed by atoms with van der Waals surface area (Å²) >= 11 is 0. The maximum atomic E-state index is 11.3. The van der Waals surface area contributed by atoms with Gasteiger partial charge >= 0.3 is 5.97 Å². The minimum absolute atomic E-state index is 0.0417. The van der Waals surface area contributed by atoms with Crippen molar-refractivity contribution in [2.24, 2.45) is 16.5 Å². The number of aliphatic imine (C=N–C) groups is 1. The van der Waals surface area contributed by atoms with Gasteiger partial charge in [-0.3, -0.25) is 9.79 Å². The number of guanidine groups is 1. The van der Waals surface area contributed by atoms with E-state index in [2.05, 4.69) is 16.2 Å². The first-order valence-electron chi connectivity index (χ1n) is 5.48. The molecule has 100 valence electrons. The molecule has 0 aliphatic rings. The van der Waals surface area contributed by atoms with Crippen LogP contribution in [0.2, 0.25) is 0 Å². The van der Waals surface area contributed by atoms with Crippen molar-refractivity contribution in [2.45, 2.75) is 31.7 Å². The smallest absolute Gasteiger partial charge is 0.326 e. The lowest BCUT2D eigenvalue weighted by molar-refractivity contribution is -0.142. The SMILES string of the molecule is C#CCCC(=O)N[C@H](CCCN=C(N)N)C(=O)O. The van der Waals surface area contributed by atoms with Crippen LogP contribution in [0.25, 0.3) is 0 Å². The fourth-order valence-corrected chi connectivity index (χ4v) is 1.21. The fourth-order valence-electron chi connectivity index (χ4n) is 1.21. The fraction of sp³-hybridized carbons (Fsp3) is 0.545. The number of carbonyl (C=O) groups excluding carboxylic acids is 1. The second kappa shape index (κ2) is 8.87. The van der Waals surface area contributed by atoms with Crippen molar-refractivity contribution in [1.29, 1.82) is 0 Å². The van der Waals surface area contributed by atoms with Crippen molar-refractivity contribution in [1.82, 2.24) is 5.32 Å². The minimum Gasteiger partial charge on any atom is -0.480 e. The van der Waals surface area contributed by atoms with E-state index in [-0.39, 0.29) is 31.1 Å². The Labute approximate surface area is 106 Å². The van der Waals surface area contributed by atoms with Crippen LogP contribution < -0.4 is 16.8 Å². The van der Waals surface area contributed by atoms with Crippen molar-refractivity contribution in [3.8, 4) is 12.3 Å². The summed E-state index contributed by atoms with van der Waals surface area (Å²) < 4.78 is 0. The third-order valence-corrected chi connectivity index (χ3v) is 2.08. The van der Waals surface area contributed by atoms with Gasteiger partial charge in [-0.05, 0) is 12.8 Å². The van der Waals surface area contributed by atoms with Gasteiger partial charge in [0.25, 0.3) is 0 Å². The van der Waals surface area contributed by atoms with Gasteiger partial charge in [-0.15, -0.1) is 12.3 Å². The molecule has 1 atom stereocenters. The molecule has 6 N–H and O–H groups in total. The van der Waals surface area contributed by atoms with Gasteiger partial charge < -0.3 is 21.9 Å². The summed E-state index contributed by atoms with van der Waals surface area (Å²) in [7, 11) is 0. The second-order valence-electron chi connectivity index (χ2n) is 3.61. The summed E-state index contributed by atoms with van der Waals surface area (Å²) in [4.78, 5) is 25.9. The zero-order chi connectivity index (χ0) is 14.0. The highest BCUT2D eigenvalue weighted by Crippen LogP contribution is 2.00. The lowest BCUT2D eigenvalue weighted by atomic mass is 10.1. The van der Waals surface area contributed by atoms with Gasteiger partial charge in [0.05, 0.1) is 0 Å². The molecule has 0 rings (SSSR count). The van der Waals surface area contributed by atoms with E-state index in [4.69, 9.17) is 23.0 Å². The number of nitrogens with two attached hydrogens (primary N) is 2. The third kappa shape index (κ3) is 7.98. The summed E-state index contributed by atoms with van der Waals surface area (Å²) in [6, 6.07) is -0.940. The van der Waals surface area contributed by atoms with Gasteiger partial charge in [-0.25, -0.2) is 4.79 Å². The largest absolute Gasteiger partial charge is 0.480 e. The van der Waals surface area contributed by atoms with Crippen LogP contribution in [0.1, 0.15) is 25.7 Å². The Morgan fingerprint density at radius 2 is 2.11 bits per heavy atom. The summed E-state index contributed by atoms with van der Waals surface area (Å²) in [6.07, 6.45) is 6.13. The topological polar surface area (TPSA) is 131 Å². The van der Waals surface area contributed by atoms with Gasteiger partial charge in [0.1, 0.15) is 6.04 Å². The minimum atomic E-state index is -1.09. The zero-order valence-electron chi connectivity index (χ0n) is 10.1. The number of hydrogen-bond acceptors (Lipinski definition) is 3. The van der Waals surface area contributed by atoms with Crippen molar-refractivity contribution >= 4 is 17.8 Å². The lowest BCUT2D eigenvalue weighted by Gasteiger charge is -2.13. The number of nitrogens with zero attached hydrogens (tertiary/aromatic N) is 1. The molecule has 1 amide bonds. The molecule has 0 saturated heterocycles. The van der Waals surface area contributed by atoms with Gasteiger partial charge in [0.2, 0.25) is 5.91 Å². The number of nitrogens with one attached hydrogen (secondary N) is 1. The normalized spacial score (nSPS) is 11.1. The number of hydrogen-bond donors (Lipinski definition) is 4. The van der Waals surface area contributed by atoms with Crippen LogP contribution in [0.5, 0.6) is 0 Å². The average molecular weight is 254 g/mol. The highest BCUT2D eigenvalue weighted by molar-refractivity contribution is 5.83. The molecule has 7 heteroatoms. The maximum absolute atomic E-state index is 11.3. The van der Waals surface area contributed by atoms with Crippen molar-refractivity contribution in [3.63, 3.8) is 0 Å². The molecular formula is C11H18N4O3. The summed E-state index contributed by atoms with van der Waals surface area (Å²) in [5.74, 6) is 0.808. The summed E-state index contributed by atoms with van der Waals surface area (Å²) in [6.45, 7) is 0.326. The maximum Gasteiger partial charge on any atom is 0.326 e. The van der Waals surface area contributed by atoms with E-state index in [1.54, 1.807) is 0 Å². The van der Waals surface area contributed by atoms with Crippen LogP contribution in [0.15, 0.2) is 4.99 Å². The van der Waals surface area contributed by atoms with Crippen LogP contribution in [-0.4, -0.2) is 35.5 Å². The number of terminal acetylenes is 1. The zero-order valence-corrected chi connectivity index (χ0v) is 10.1. The Hall–Kier alpha value is -2.23. The van der Waals surface area contributed by atoms with Gasteiger partial charge in [-0.2, -0.15) is 0 Å². The molecule has 0 aromatic carbocycles. The Balaban J connectivity index is 4.08. The van der Waals surface area contributed by atoms with Gasteiger partial charge in [0.15, 0.2) is 5.96 Å². The molecule has 0 saturated carbocycles. The molecule has 0 aromatic rings. The predicted molar refractivity (Wildman–Crippen MR) is 67.5 cm³/mol. The highest BCUT2D eigenvalue weighted by Gasteiger charge is 2.18. The Bertz CT molecular complexity index is 356. The number of carbonyl (C=O) groups is 2. The van der Waals surface area contributed by atoms with Crippen LogP contribution in [0, 0.1) is 12.3 Å². The van der Waals surface area contributed by atoms with Gasteiger partial charge in [-0.1, -0.05) is 0 Å². The van der Waals surface area contributed by atoms with E-state index in [9.17, 15) is 9.59 Å². The Morgan fingerprint density at radius 3 is 2.61 bits per heavy atom. The highest BCUT2D eigenvalue weighted by atomic mass is 16.4. The predicted octanol–water partition coefficient (Wildman–Crippen LogP) is -0.977. The van der Waals surface area contributed by atoms with E-state index < -0.39 is 12.0 Å². The van der Waals surface area contributed by atoms with E-state index in [1.807, 2.05) is 0 Å². The first-order valence-corrected chi connectivity index (χ1v) is 5.48. The number of carboxylic acids is 1. The van der Waals surface area contributed by atoms with Crippen molar-refractivity contribution in [3.05, 3.63) is 0 Å². The number of amides is 1. The molecule has 0 heterocycles. The molecule has 7 nitrogen and oxygen atoms in total. The van der Waals surface area contributed by atoms with Crippen LogP contribution >= 0.6 is 0 Å². The first kappa shape index (κ1) is 15.8. The Kier molecular flexibility index (Phi) is 7.77. The van der Waals surface area contributed by atoms with Crippen LogP contribution in [0.3, 0.4) is 0 Å². The molecule has 0 bridgehead atoms. The molecule has 0 radical (unpaired) electrons. The molecule has 0 unspecified atom stereocenters. The lowest BCUT2D eigenvalue weighted by Crippen LogP contribution is -2.40. The third-order valence-electron chi connectivity index (χ3n) is 2.08. The number of rotatable bonds is 8. The van der Waals surface area contributed by atoms with Crippen LogP contribution in [0.4, 0.5) is 0 Å². The molecule has 0 aromatic heterocycles. The Morgan fingerprint density at radius 1 is 1.44 bits per heavy atom. The molecule has 0 aliphatic carbocycles. The molecular weight excluding hydrogens is 236 g/mol. The standard InChI is InChI=1S/C11H18N4O3/c1-2-3-6-9(16)15-8(10(17)18)5-4-7-14-11(12)13/h1,8H,3-7H2,(H,15,16)(H,17,18)(H4,12,13,14)/t8-/m1/s1. The molecule has 0 fully saturated rings. The number of carboxylic acid groups (broad SMARTS) is 1.